The van der Waals surface area contributed by atoms with E-state index in [4.69, 9.17) is 17.3 Å². The van der Waals surface area contributed by atoms with Gasteiger partial charge in [0.2, 0.25) is 5.28 Å². The van der Waals surface area contributed by atoms with Gasteiger partial charge < -0.3 is 5.73 Å². The number of rotatable bonds is 1. The zero-order valence-corrected chi connectivity index (χ0v) is 12.6. The summed E-state index contributed by atoms with van der Waals surface area (Å²) < 4.78 is 14.0. The van der Waals surface area contributed by atoms with E-state index in [0.29, 0.717) is 5.69 Å². The number of nitrogens with two attached hydrogens (primary N) is 1. The monoisotopic (exact) mass is 298 g/mol. The van der Waals surface area contributed by atoms with E-state index in [1.165, 1.54) is 6.20 Å². The van der Waals surface area contributed by atoms with Gasteiger partial charge in [0.15, 0.2) is 5.82 Å². The van der Waals surface area contributed by atoms with Crippen LogP contribution in [-0.4, -0.2) is 39.0 Å². The minimum atomic E-state index is -0.363. The highest BCUT2D eigenvalue weighted by molar-refractivity contribution is 6.28. The van der Waals surface area contributed by atoms with Gasteiger partial charge in [-0.15, -0.1) is 0 Å². The lowest BCUT2D eigenvalue weighted by Crippen LogP contribution is -2.56. The highest BCUT2D eigenvalue weighted by atomic mass is 35.5. The van der Waals surface area contributed by atoms with Gasteiger partial charge in [0.1, 0.15) is 0 Å². The van der Waals surface area contributed by atoms with Gasteiger partial charge in [-0.1, -0.05) is 0 Å². The lowest BCUT2D eigenvalue weighted by molar-refractivity contribution is 0.0410. The molecule has 0 amide bonds. The van der Waals surface area contributed by atoms with Crippen LogP contribution >= 0.6 is 11.6 Å². The minimum absolute atomic E-state index is 0.0566. The molecular weight excluding hydrogens is 279 g/mol. The number of aromatic nitrogens is 2. The van der Waals surface area contributed by atoms with Gasteiger partial charge >= 0.3 is 0 Å². The molecule has 3 atom stereocenters. The van der Waals surface area contributed by atoms with Gasteiger partial charge in [0.05, 0.1) is 11.9 Å². The van der Waals surface area contributed by atoms with E-state index < -0.39 is 0 Å². The molecule has 3 heterocycles. The lowest BCUT2D eigenvalue weighted by atomic mass is 9.81. The number of hydrogen-bond acceptors (Lipinski definition) is 4. The topological polar surface area (TPSA) is 55.0 Å². The molecule has 2 N–H and O–H groups in total. The van der Waals surface area contributed by atoms with Crippen molar-refractivity contribution in [2.45, 2.75) is 56.7 Å². The summed E-state index contributed by atoms with van der Waals surface area (Å²) in [6, 6.07) is 0.404. The van der Waals surface area contributed by atoms with Gasteiger partial charge in [-0.2, -0.15) is 0 Å². The average molecular weight is 299 g/mol. The third kappa shape index (κ3) is 2.32. The van der Waals surface area contributed by atoms with Crippen LogP contribution in [0.1, 0.15) is 44.7 Å². The lowest BCUT2D eigenvalue weighted by Gasteiger charge is -2.47. The fourth-order valence-electron chi connectivity index (χ4n) is 3.99. The van der Waals surface area contributed by atoms with E-state index in [2.05, 4.69) is 28.7 Å². The molecule has 1 aromatic heterocycles. The third-order valence-electron chi connectivity index (χ3n) is 4.72. The quantitative estimate of drug-likeness (QED) is 0.809. The second kappa shape index (κ2) is 4.90. The Bertz CT molecular complexity index is 522. The van der Waals surface area contributed by atoms with Crippen LogP contribution in [0.2, 0.25) is 5.28 Å². The second-order valence-corrected chi connectivity index (χ2v) is 6.88. The highest BCUT2D eigenvalue weighted by Gasteiger charge is 2.47. The van der Waals surface area contributed by atoms with Crippen LogP contribution in [-0.2, 0) is 0 Å². The maximum atomic E-state index is 14.0. The number of hydrogen-bond donors (Lipinski definition) is 1. The second-order valence-electron chi connectivity index (χ2n) is 6.54. The molecule has 3 rings (SSSR count). The minimum Gasteiger partial charge on any atom is -0.328 e. The largest absolute Gasteiger partial charge is 0.328 e. The molecule has 1 aromatic rings. The van der Waals surface area contributed by atoms with E-state index >= 15 is 0 Å². The molecule has 2 aliphatic rings. The van der Waals surface area contributed by atoms with Crippen molar-refractivity contribution in [1.82, 2.24) is 14.9 Å². The van der Waals surface area contributed by atoms with Crippen LogP contribution in [0.4, 0.5) is 4.39 Å². The van der Waals surface area contributed by atoms with Crippen molar-refractivity contribution in [1.29, 1.82) is 0 Å². The molecule has 2 saturated heterocycles. The smallest absolute Gasteiger partial charge is 0.222 e. The molecule has 0 aromatic carbocycles. The molecule has 110 valence electrons. The van der Waals surface area contributed by atoms with Crippen molar-refractivity contribution in [3.8, 4) is 0 Å². The summed E-state index contributed by atoms with van der Waals surface area (Å²) in [6.07, 6.45) is 3.92. The van der Waals surface area contributed by atoms with E-state index in [9.17, 15) is 4.39 Å². The molecule has 4 nitrogen and oxygen atoms in total. The van der Waals surface area contributed by atoms with Gasteiger partial charge in [0, 0.05) is 23.5 Å². The normalized spacial score (nSPS) is 33.1. The van der Waals surface area contributed by atoms with Crippen LogP contribution in [0.15, 0.2) is 6.20 Å². The molecule has 3 unspecified atom stereocenters. The molecule has 2 aliphatic heterocycles. The van der Waals surface area contributed by atoms with E-state index in [1.54, 1.807) is 0 Å². The number of piperidine rings is 1. The molecule has 0 spiro atoms. The Hall–Kier alpha value is -0.780. The Morgan fingerprint density at radius 1 is 1.50 bits per heavy atom. The first kappa shape index (κ1) is 14.2. The Kier molecular flexibility index (Phi) is 3.47. The SMILES string of the molecule is CC1(C)CC(N)CC2C(c3nc(Cl)ncc3F)CCN21. The molecule has 0 aliphatic carbocycles. The predicted molar refractivity (Wildman–Crippen MR) is 76.1 cm³/mol. The van der Waals surface area contributed by atoms with Crippen LogP contribution in [0, 0.1) is 5.82 Å². The summed E-state index contributed by atoms with van der Waals surface area (Å²) in [5.74, 6) is -0.306. The molecule has 0 bridgehead atoms. The first-order valence-electron chi connectivity index (χ1n) is 7.09. The van der Waals surface area contributed by atoms with Crippen molar-refractivity contribution in [3.63, 3.8) is 0 Å². The number of nitrogens with zero attached hydrogens (tertiary/aromatic N) is 3. The standard InChI is InChI=1S/C14H20ClFN4/c1-14(2)6-8(17)5-11-9(3-4-20(11)14)12-10(16)7-18-13(15)19-12/h7-9,11H,3-6,17H2,1-2H3. The van der Waals surface area contributed by atoms with Gasteiger partial charge in [-0.05, 0) is 51.3 Å². The molecule has 6 heteroatoms. The van der Waals surface area contributed by atoms with Crippen molar-refractivity contribution < 1.29 is 4.39 Å². The summed E-state index contributed by atoms with van der Waals surface area (Å²) >= 11 is 5.83. The van der Waals surface area contributed by atoms with Crippen LogP contribution in [0.25, 0.3) is 0 Å². The zero-order chi connectivity index (χ0) is 14.5. The Labute approximate surface area is 123 Å². The Balaban J connectivity index is 1.94. The van der Waals surface area contributed by atoms with Crippen LogP contribution < -0.4 is 5.73 Å². The maximum absolute atomic E-state index is 14.0. The number of halogens is 2. The average Bonchev–Trinajstić information content (AvgIpc) is 2.75. The van der Waals surface area contributed by atoms with Gasteiger partial charge in [0.25, 0.3) is 0 Å². The summed E-state index contributed by atoms with van der Waals surface area (Å²) in [5, 5.41) is 0.110. The first-order valence-corrected chi connectivity index (χ1v) is 7.46. The molecule has 20 heavy (non-hydrogen) atoms. The maximum Gasteiger partial charge on any atom is 0.222 e. The van der Waals surface area contributed by atoms with E-state index in [-0.39, 0.29) is 34.6 Å². The summed E-state index contributed by atoms with van der Waals surface area (Å²) in [7, 11) is 0. The molecule has 0 radical (unpaired) electrons. The van der Waals surface area contributed by atoms with Gasteiger partial charge in [-0.3, -0.25) is 4.90 Å². The summed E-state index contributed by atoms with van der Waals surface area (Å²) in [5.41, 5.74) is 6.70. The molecule has 0 saturated carbocycles. The van der Waals surface area contributed by atoms with Gasteiger partial charge in [-0.25, -0.2) is 14.4 Å². The predicted octanol–water partition coefficient (Wildman–Crippen LogP) is 2.33. The van der Waals surface area contributed by atoms with Crippen LogP contribution in [0.5, 0.6) is 0 Å². The highest BCUT2D eigenvalue weighted by Crippen LogP contribution is 2.44. The van der Waals surface area contributed by atoms with Crippen molar-refractivity contribution in [2.24, 2.45) is 5.73 Å². The summed E-state index contributed by atoms with van der Waals surface area (Å²) in [4.78, 5) is 10.3. The van der Waals surface area contributed by atoms with Crippen molar-refractivity contribution in [2.75, 3.05) is 6.54 Å². The fourth-order valence-corrected chi connectivity index (χ4v) is 4.13. The van der Waals surface area contributed by atoms with Crippen LogP contribution in [0.3, 0.4) is 0 Å². The number of fused-ring (bicyclic) bond motifs is 1. The van der Waals surface area contributed by atoms with E-state index in [0.717, 1.165) is 25.8 Å². The Morgan fingerprint density at radius 2 is 2.25 bits per heavy atom. The molecule has 2 fully saturated rings. The first-order chi connectivity index (χ1) is 9.38. The third-order valence-corrected chi connectivity index (χ3v) is 4.90. The molecular formula is C14H20ClFN4. The van der Waals surface area contributed by atoms with Crippen molar-refractivity contribution >= 4 is 11.6 Å². The van der Waals surface area contributed by atoms with Crippen molar-refractivity contribution in [3.05, 3.63) is 23.0 Å². The zero-order valence-electron chi connectivity index (χ0n) is 11.8. The van der Waals surface area contributed by atoms with E-state index in [1.807, 2.05) is 0 Å². The Morgan fingerprint density at radius 3 is 3.00 bits per heavy atom. The summed E-state index contributed by atoms with van der Waals surface area (Å²) in [6.45, 7) is 5.38. The fraction of sp³-hybridized carbons (Fsp3) is 0.714.